The Morgan fingerprint density at radius 1 is 1.50 bits per heavy atom. The highest BCUT2D eigenvalue weighted by molar-refractivity contribution is 7.99. The normalized spacial score (nSPS) is 10.2. The van der Waals surface area contributed by atoms with Gasteiger partial charge in [-0.3, -0.25) is 0 Å². The second-order valence-corrected chi connectivity index (χ2v) is 3.99. The van der Waals surface area contributed by atoms with Gasteiger partial charge in [0.15, 0.2) is 10.3 Å². The van der Waals surface area contributed by atoms with E-state index in [1.54, 1.807) is 0 Å². The van der Waals surface area contributed by atoms with Crippen molar-refractivity contribution in [3.05, 3.63) is 5.15 Å². The van der Waals surface area contributed by atoms with Gasteiger partial charge >= 0.3 is 0 Å². The first-order chi connectivity index (χ1) is 6.69. The van der Waals surface area contributed by atoms with E-state index in [0.717, 1.165) is 12.2 Å². The van der Waals surface area contributed by atoms with Crippen molar-refractivity contribution in [3.8, 4) is 5.88 Å². The minimum atomic E-state index is 0.246. The second-order valence-electron chi connectivity index (χ2n) is 2.57. The molecule has 0 spiro atoms. The number of nitrogens with two attached hydrogens (primary N) is 1. The second kappa shape index (κ2) is 5.26. The van der Waals surface area contributed by atoms with E-state index in [-0.39, 0.29) is 10.8 Å². The molecule has 0 amide bonds. The first-order valence-corrected chi connectivity index (χ1v) is 5.55. The first-order valence-electron chi connectivity index (χ1n) is 4.18. The Morgan fingerprint density at radius 3 is 2.79 bits per heavy atom. The molecule has 4 nitrogen and oxygen atoms in total. The summed E-state index contributed by atoms with van der Waals surface area (Å²) in [6, 6.07) is 0. The maximum atomic E-state index is 5.81. The van der Waals surface area contributed by atoms with Crippen molar-refractivity contribution in [1.29, 1.82) is 0 Å². The van der Waals surface area contributed by atoms with Crippen LogP contribution in [0.15, 0.2) is 5.16 Å². The number of aromatic nitrogens is 2. The van der Waals surface area contributed by atoms with E-state index < -0.39 is 0 Å². The van der Waals surface area contributed by atoms with Crippen LogP contribution in [0.2, 0.25) is 5.15 Å². The van der Waals surface area contributed by atoms with Crippen molar-refractivity contribution >= 4 is 29.1 Å². The predicted molar refractivity (Wildman–Crippen MR) is 59.0 cm³/mol. The van der Waals surface area contributed by atoms with Gasteiger partial charge in [0.05, 0.1) is 7.11 Å². The Balaban J connectivity index is 2.91. The predicted octanol–water partition coefficient (Wildman–Crippen LogP) is 2.22. The van der Waals surface area contributed by atoms with Gasteiger partial charge in [0, 0.05) is 5.75 Å². The van der Waals surface area contributed by atoms with Crippen LogP contribution in [0.5, 0.6) is 5.88 Å². The molecule has 1 aromatic heterocycles. The van der Waals surface area contributed by atoms with Crippen molar-refractivity contribution in [2.75, 3.05) is 18.6 Å². The molecule has 0 aromatic carbocycles. The summed E-state index contributed by atoms with van der Waals surface area (Å²) < 4.78 is 4.97. The van der Waals surface area contributed by atoms with E-state index in [9.17, 15) is 0 Å². The number of rotatable bonds is 4. The van der Waals surface area contributed by atoms with Crippen molar-refractivity contribution in [2.45, 2.75) is 18.5 Å². The SMILES string of the molecule is CCCSc1nc(Cl)c(N)c(OC)n1. The molecule has 14 heavy (non-hydrogen) atoms. The number of halogens is 1. The molecule has 0 aliphatic heterocycles. The summed E-state index contributed by atoms with van der Waals surface area (Å²) in [6.07, 6.45) is 1.05. The maximum Gasteiger partial charge on any atom is 0.242 e. The Bertz CT molecular complexity index is 322. The molecule has 78 valence electrons. The molecular formula is C8H12ClN3OS. The van der Waals surface area contributed by atoms with Crippen LogP contribution in [0.25, 0.3) is 0 Å². The van der Waals surface area contributed by atoms with Gasteiger partial charge in [-0.25, -0.2) is 4.98 Å². The lowest BCUT2D eigenvalue weighted by Crippen LogP contribution is -2.00. The molecule has 0 atom stereocenters. The monoisotopic (exact) mass is 233 g/mol. The maximum absolute atomic E-state index is 5.81. The highest BCUT2D eigenvalue weighted by Gasteiger charge is 2.10. The van der Waals surface area contributed by atoms with Crippen molar-refractivity contribution < 1.29 is 4.74 Å². The van der Waals surface area contributed by atoms with Gasteiger partial charge in [0.2, 0.25) is 5.88 Å². The molecule has 0 radical (unpaired) electrons. The van der Waals surface area contributed by atoms with Crippen LogP contribution in [-0.2, 0) is 0 Å². The van der Waals surface area contributed by atoms with Crippen LogP contribution in [0.4, 0.5) is 5.69 Å². The molecule has 0 bridgehead atoms. The molecule has 0 aliphatic carbocycles. The number of thioether (sulfide) groups is 1. The lowest BCUT2D eigenvalue weighted by Gasteiger charge is -2.06. The van der Waals surface area contributed by atoms with E-state index in [4.69, 9.17) is 22.1 Å². The lowest BCUT2D eigenvalue weighted by atomic mass is 10.5. The van der Waals surface area contributed by atoms with Crippen LogP contribution in [0.1, 0.15) is 13.3 Å². The Kier molecular flexibility index (Phi) is 4.28. The van der Waals surface area contributed by atoms with Gasteiger partial charge in [-0.05, 0) is 6.42 Å². The van der Waals surface area contributed by atoms with Gasteiger partial charge in [0.1, 0.15) is 5.69 Å². The van der Waals surface area contributed by atoms with E-state index in [2.05, 4.69) is 16.9 Å². The van der Waals surface area contributed by atoms with E-state index in [1.165, 1.54) is 18.9 Å². The summed E-state index contributed by atoms with van der Waals surface area (Å²) in [5, 5.41) is 0.846. The zero-order valence-corrected chi connectivity index (χ0v) is 9.65. The number of hydrogen-bond donors (Lipinski definition) is 1. The summed E-state index contributed by atoms with van der Waals surface area (Å²) in [5.41, 5.74) is 5.89. The fourth-order valence-electron chi connectivity index (χ4n) is 0.818. The summed E-state index contributed by atoms with van der Waals surface area (Å²) >= 11 is 7.34. The number of nitrogen functional groups attached to an aromatic ring is 1. The summed E-state index contributed by atoms with van der Waals surface area (Å²) in [7, 11) is 1.50. The Morgan fingerprint density at radius 2 is 2.21 bits per heavy atom. The third kappa shape index (κ3) is 2.65. The standard InChI is InChI=1S/C8H12ClN3OS/c1-3-4-14-8-11-6(9)5(10)7(12-8)13-2/h3-4,10H2,1-2H3. The van der Waals surface area contributed by atoms with Gasteiger partial charge in [-0.2, -0.15) is 4.98 Å². The molecule has 1 rings (SSSR count). The van der Waals surface area contributed by atoms with Crippen LogP contribution in [0, 0.1) is 0 Å². The molecule has 1 aromatic rings. The minimum Gasteiger partial charge on any atom is -0.479 e. The van der Waals surface area contributed by atoms with Crippen LogP contribution < -0.4 is 10.5 Å². The zero-order valence-electron chi connectivity index (χ0n) is 8.08. The fourth-order valence-corrected chi connectivity index (χ4v) is 1.72. The molecule has 0 saturated heterocycles. The average Bonchev–Trinajstić information content (AvgIpc) is 2.19. The third-order valence-corrected chi connectivity index (χ3v) is 2.81. The van der Waals surface area contributed by atoms with Crippen LogP contribution in [0.3, 0.4) is 0 Å². The van der Waals surface area contributed by atoms with Crippen molar-refractivity contribution in [1.82, 2.24) is 9.97 Å². The smallest absolute Gasteiger partial charge is 0.242 e. The molecule has 6 heteroatoms. The quantitative estimate of drug-likeness (QED) is 0.491. The third-order valence-electron chi connectivity index (χ3n) is 1.47. The largest absolute Gasteiger partial charge is 0.479 e. The number of ether oxygens (including phenoxy) is 1. The van der Waals surface area contributed by atoms with E-state index in [0.29, 0.717) is 11.0 Å². The highest BCUT2D eigenvalue weighted by Crippen LogP contribution is 2.28. The van der Waals surface area contributed by atoms with Gasteiger partial charge < -0.3 is 10.5 Å². The number of methoxy groups -OCH3 is 1. The molecule has 0 unspecified atom stereocenters. The Labute approximate surface area is 92.2 Å². The minimum absolute atomic E-state index is 0.246. The number of nitrogens with zero attached hydrogens (tertiary/aromatic N) is 2. The average molecular weight is 234 g/mol. The lowest BCUT2D eigenvalue weighted by molar-refractivity contribution is 0.395. The zero-order chi connectivity index (χ0) is 10.6. The summed E-state index contributed by atoms with van der Waals surface area (Å²) in [4.78, 5) is 8.14. The molecular weight excluding hydrogens is 222 g/mol. The summed E-state index contributed by atoms with van der Waals surface area (Å²) in [5.74, 6) is 1.28. The molecule has 2 N–H and O–H groups in total. The van der Waals surface area contributed by atoms with Crippen LogP contribution in [-0.4, -0.2) is 22.8 Å². The molecule has 1 heterocycles. The summed E-state index contributed by atoms with van der Waals surface area (Å²) in [6.45, 7) is 2.09. The first kappa shape index (κ1) is 11.4. The Hall–Kier alpha value is -0.680. The molecule has 0 aliphatic rings. The van der Waals surface area contributed by atoms with Crippen LogP contribution >= 0.6 is 23.4 Å². The van der Waals surface area contributed by atoms with Crippen molar-refractivity contribution in [2.24, 2.45) is 0 Å². The number of anilines is 1. The van der Waals surface area contributed by atoms with Gasteiger partial charge in [-0.1, -0.05) is 30.3 Å². The fraction of sp³-hybridized carbons (Fsp3) is 0.500. The van der Waals surface area contributed by atoms with E-state index >= 15 is 0 Å². The van der Waals surface area contributed by atoms with E-state index in [1.807, 2.05) is 0 Å². The molecule has 0 fully saturated rings. The van der Waals surface area contributed by atoms with Gasteiger partial charge in [0.25, 0.3) is 0 Å². The topological polar surface area (TPSA) is 61.0 Å². The van der Waals surface area contributed by atoms with Crippen molar-refractivity contribution in [3.63, 3.8) is 0 Å². The molecule has 0 saturated carbocycles. The van der Waals surface area contributed by atoms with Gasteiger partial charge in [-0.15, -0.1) is 0 Å². The number of hydrogen-bond acceptors (Lipinski definition) is 5. The highest BCUT2D eigenvalue weighted by atomic mass is 35.5.